The van der Waals surface area contributed by atoms with Crippen LogP contribution in [0.1, 0.15) is 62.5 Å². The molecule has 31 nitrogen and oxygen atoms in total. The number of carbonyl (C=O) groups is 2. The van der Waals surface area contributed by atoms with Gasteiger partial charge in [-0.2, -0.15) is 30.2 Å². The Kier molecular flexibility index (Phi) is 19.0. The smallest absolute Gasteiger partial charge is 0.320 e. The number of amides is 3. The fraction of sp³-hybridized carbons (Fsp3) is 0.526. The second kappa shape index (κ2) is 28.2. The van der Waals surface area contributed by atoms with Crippen LogP contribution in [0.2, 0.25) is 0 Å². The number of carbonyl (C=O) groups excluding carboxylic acids is 2. The Balaban J connectivity index is 0.000000124. The Bertz CT molecular complexity index is 3900. The van der Waals surface area contributed by atoms with Gasteiger partial charge in [-0.05, 0) is 38.5 Å². The number of thiazole rings is 2. The number of anilines is 5. The number of nitrogen functional groups attached to an aromatic ring is 1. The van der Waals surface area contributed by atoms with Gasteiger partial charge in [0, 0.05) is 122 Å². The first kappa shape index (κ1) is 60.6. The summed E-state index contributed by atoms with van der Waals surface area (Å²) in [5.74, 6) is 2.33. The minimum absolute atomic E-state index is 0.130. The number of likely N-dealkylation sites (N-methyl/N-ethyl adjacent to an activating group) is 1. The summed E-state index contributed by atoms with van der Waals surface area (Å²) in [5, 5.41) is 29.3. The number of nitrogens with one attached hydrogen (secondary N) is 3. The molecule has 33 heteroatoms. The molecule has 0 unspecified atom stereocenters. The molecule has 9 aromatic heterocycles. The summed E-state index contributed by atoms with van der Waals surface area (Å²) in [6, 6.07) is 0.465. The lowest BCUT2D eigenvalue weighted by atomic mass is 10.1. The zero-order valence-corrected chi connectivity index (χ0v) is 51.7. The first-order valence-corrected chi connectivity index (χ1v) is 32.2. The van der Waals surface area contributed by atoms with Crippen LogP contribution in [0.4, 0.5) is 32.9 Å². The molecule has 3 amide bonds. The summed E-state index contributed by atoms with van der Waals surface area (Å²) in [7, 11) is 3.16. The van der Waals surface area contributed by atoms with Gasteiger partial charge in [-0.1, -0.05) is 0 Å². The van der Waals surface area contributed by atoms with Gasteiger partial charge in [0.15, 0.2) is 27.2 Å². The molecule has 0 aliphatic carbocycles. The quantitative estimate of drug-likeness (QED) is 0.132. The highest BCUT2D eigenvalue weighted by atomic mass is 32.1. The summed E-state index contributed by atoms with van der Waals surface area (Å²) < 4.78 is 39.1. The predicted molar refractivity (Wildman–Crippen MR) is 336 cm³/mol. The third-order valence-corrected chi connectivity index (χ3v) is 17.8. The average Bonchev–Trinajstić information content (AvgIpc) is 1.66. The van der Waals surface area contributed by atoms with Gasteiger partial charge in [0.25, 0.3) is 0 Å². The first-order chi connectivity index (χ1) is 44.2. The molecule has 0 spiro atoms. The maximum Gasteiger partial charge on any atom is 0.320 e. The van der Waals surface area contributed by atoms with E-state index in [1.807, 2.05) is 43.4 Å². The number of aromatic nitrogens is 16. The van der Waals surface area contributed by atoms with Crippen LogP contribution in [0.3, 0.4) is 0 Å². The van der Waals surface area contributed by atoms with Crippen LogP contribution in [-0.2, 0) is 39.6 Å². The van der Waals surface area contributed by atoms with Crippen molar-refractivity contribution in [3.63, 3.8) is 0 Å². The Morgan fingerprint density at radius 1 is 0.489 bits per heavy atom. The molecule has 15 rings (SSSR count). The Labute approximate surface area is 524 Å². The number of hydrogen-bond acceptors (Lipinski definition) is 27. The number of nitrogens with two attached hydrogens (primary N) is 1. The van der Waals surface area contributed by atoms with E-state index in [1.54, 1.807) is 26.5 Å². The highest BCUT2D eigenvalue weighted by Gasteiger charge is 2.29. The predicted octanol–water partition coefficient (Wildman–Crippen LogP) is 4.37. The fourth-order valence-electron chi connectivity index (χ4n) is 11.5. The van der Waals surface area contributed by atoms with Crippen LogP contribution in [0, 0.1) is 0 Å². The van der Waals surface area contributed by atoms with Crippen LogP contribution in [0.25, 0.3) is 67.1 Å². The highest BCUT2D eigenvalue weighted by molar-refractivity contribution is 7.14. The molecule has 15 heterocycles. The number of fused-ring (bicyclic) bond motifs is 3. The van der Waals surface area contributed by atoms with Gasteiger partial charge in [-0.25, -0.2) is 53.7 Å². The minimum atomic E-state index is -0.310. The van der Waals surface area contributed by atoms with E-state index in [4.69, 9.17) is 64.1 Å². The van der Waals surface area contributed by atoms with Gasteiger partial charge in [0.1, 0.15) is 28.6 Å². The van der Waals surface area contributed by atoms with Crippen molar-refractivity contribution in [2.75, 3.05) is 158 Å². The van der Waals surface area contributed by atoms with E-state index in [1.165, 1.54) is 22.7 Å². The summed E-state index contributed by atoms with van der Waals surface area (Å²) in [4.78, 5) is 76.8. The van der Waals surface area contributed by atoms with E-state index < -0.39 is 0 Å². The van der Waals surface area contributed by atoms with Crippen molar-refractivity contribution in [2.45, 2.75) is 63.1 Å². The van der Waals surface area contributed by atoms with Crippen molar-refractivity contribution in [2.24, 2.45) is 0 Å². The van der Waals surface area contributed by atoms with E-state index in [-0.39, 0.29) is 36.5 Å². The molecule has 0 bridgehead atoms. The lowest BCUT2D eigenvalue weighted by Gasteiger charge is -2.27. The molecule has 90 heavy (non-hydrogen) atoms. The molecule has 474 valence electrons. The number of rotatable bonds is 12. The molecule has 6 saturated heterocycles. The number of hydrogen-bond donors (Lipinski definition) is 4. The molecule has 0 saturated carbocycles. The lowest BCUT2D eigenvalue weighted by Crippen LogP contribution is -2.37. The van der Waals surface area contributed by atoms with Gasteiger partial charge >= 0.3 is 6.03 Å². The summed E-state index contributed by atoms with van der Waals surface area (Å²) in [5.41, 5.74) is 12.8. The Morgan fingerprint density at radius 3 is 1.28 bits per heavy atom. The van der Waals surface area contributed by atoms with E-state index >= 15 is 0 Å². The second-order valence-electron chi connectivity index (χ2n) is 22.0. The average molecular weight is 1270 g/mol. The van der Waals surface area contributed by atoms with Gasteiger partial charge in [-0.15, -0.1) is 22.7 Å². The number of ether oxygens (including phenoxy) is 6. The monoisotopic (exact) mass is 1270 g/mol. The lowest BCUT2D eigenvalue weighted by molar-refractivity contribution is -0.120. The first-order valence-electron chi connectivity index (χ1n) is 30.4. The van der Waals surface area contributed by atoms with Gasteiger partial charge < -0.3 is 59.5 Å². The molecule has 9 aromatic rings. The van der Waals surface area contributed by atoms with E-state index in [2.05, 4.69) is 65.9 Å². The number of morpholine rings is 3. The number of urea groups is 1. The largest absolute Gasteiger partial charge is 0.381 e. The van der Waals surface area contributed by atoms with Crippen LogP contribution in [-0.4, -0.2) is 224 Å². The summed E-state index contributed by atoms with van der Waals surface area (Å²) >= 11 is 2.77. The van der Waals surface area contributed by atoms with Gasteiger partial charge in [0.05, 0.1) is 105 Å². The zero-order valence-electron chi connectivity index (χ0n) is 50.1. The molecular formula is C57H71N23O8S2. The minimum Gasteiger partial charge on any atom is -0.381 e. The maximum absolute atomic E-state index is 11.7. The number of nitrogens with zero attached hydrogens (tertiary/aromatic N) is 19. The summed E-state index contributed by atoms with van der Waals surface area (Å²) in [6.07, 6.45) is 14.5. The van der Waals surface area contributed by atoms with E-state index in [0.29, 0.717) is 85.0 Å². The Hall–Kier alpha value is -8.31. The van der Waals surface area contributed by atoms with Crippen molar-refractivity contribution in [3.05, 3.63) is 47.6 Å². The van der Waals surface area contributed by atoms with Crippen molar-refractivity contribution in [1.29, 1.82) is 0 Å². The van der Waals surface area contributed by atoms with Crippen molar-refractivity contribution >= 4 is 95.8 Å². The normalized spacial score (nSPS) is 18.1. The van der Waals surface area contributed by atoms with Gasteiger partial charge in [-0.3, -0.25) is 10.1 Å². The van der Waals surface area contributed by atoms with Crippen LogP contribution < -0.4 is 36.4 Å². The molecule has 6 aliphatic heterocycles. The van der Waals surface area contributed by atoms with Crippen LogP contribution in [0.5, 0.6) is 0 Å². The van der Waals surface area contributed by atoms with Crippen molar-refractivity contribution < 1.29 is 38.0 Å². The zero-order chi connectivity index (χ0) is 61.3. The SMILES string of the molecule is CNC(=O)Cc1ncc(-c2nc(N3CCOCC3)nc3c2cnn3C2CCOCC2)cn1.CNC(=O)Nc1nc(-c2nc(N3CCOCC3)nc3c2cnn3C2CCOCC2)cs1.Nc1nc(-c2nc(N3CCOCC3)nc3c2cnn3C2CCOCC2)cs1. The van der Waals surface area contributed by atoms with Crippen LogP contribution >= 0.6 is 22.7 Å². The third-order valence-electron chi connectivity index (χ3n) is 16.4. The molecule has 0 atom stereocenters. The van der Waals surface area contributed by atoms with Crippen molar-refractivity contribution in [1.82, 2.24) is 89.8 Å². The third kappa shape index (κ3) is 13.6. The van der Waals surface area contributed by atoms with E-state index in [9.17, 15) is 9.59 Å². The van der Waals surface area contributed by atoms with Gasteiger partial charge in [0.2, 0.25) is 23.8 Å². The van der Waals surface area contributed by atoms with Crippen LogP contribution in [0.15, 0.2) is 41.7 Å². The summed E-state index contributed by atoms with van der Waals surface area (Å²) in [6.45, 7) is 12.8. The molecule has 6 aliphatic rings. The molecule has 6 fully saturated rings. The fourth-order valence-corrected chi connectivity index (χ4v) is 12.7. The molecule has 5 N–H and O–H groups in total. The maximum atomic E-state index is 11.7. The highest BCUT2D eigenvalue weighted by Crippen LogP contribution is 2.36. The van der Waals surface area contributed by atoms with E-state index in [0.717, 1.165) is 173 Å². The molecular weight excluding hydrogens is 1200 g/mol. The van der Waals surface area contributed by atoms with Crippen molar-refractivity contribution in [3.8, 4) is 34.0 Å². The molecule has 0 radical (unpaired) electrons. The molecule has 0 aromatic carbocycles. The second-order valence-corrected chi connectivity index (χ2v) is 23.7. The topological polar surface area (TPSA) is 344 Å². The Morgan fingerprint density at radius 2 is 0.878 bits per heavy atom. The standard InChI is InChI=1S/C21H26N8O3.C19H24N8O3S.C17H21N7O2S/c1-22-18(30)10-17-23-11-14(12-24-17)19-16-13-25-29(15-2-6-31-7-3-15)20(16)27-21(26-19)28-4-8-32-9-5-28;1-20-18(28)25-19-22-14(11-31-19)15-13-10-21-27(12-2-6-29-7-3-12)16(13)24-17(23-15)26-4-8-30-9-5-26;18-16-20-13(10-27-16)14-12-9-19-24(11-1-5-25-6-2-11)15(12)22-17(21-14)23-3-7-26-8-4-23/h11-13,15H,2-10H2,1H3,(H,22,30);10-12H,2-9H2,1H3,(H2,20,22,25,28);9-11H,1-8H2,(H2,18,20).